The number of ether oxygens (including phenoxy) is 4. The Kier molecular flexibility index (Phi) is 23.2. The van der Waals surface area contributed by atoms with E-state index in [4.69, 9.17) is 30.4 Å². The van der Waals surface area contributed by atoms with E-state index in [0.717, 1.165) is 0 Å². The number of urea groups is 2. The second kappa shape index (κ2) is 24.5. The zero-order valence-corrected chi connectivity index (χ0v) is 18.4. The van der Waals surface area contributed by atoms with Gasteiger partial charge in [-0.15, -0.1) is 0 Å². The molecule has 0 aromatic carbocycles. The quantitative estimate of drug-likeness (QED) is 0.0852. The molecule has 0 fully saturated rings. The maximum atomic E-state index is 11.6. The maximum Gasteiger partial charge on any atom is 0.314 e. The lowest BCUT2D eigenvalue weighted by Crippen LogP contribution is -2.43. The molecule has 13 nitrogen and oxygen atoms in total. The summed E-state index contributed by atoms with van der Waals surface area (Å²) in [6, 6.07) is -0.508. The second-order valence-electron chi connectivity index (χ2n) is 6.14. The van der Waals surface area contributed by atoms with Gasteiger partial charge < -0.3 is 57.0 Å². The van der Waals surface area contributed by atoms with Gasteiger partial charge in [-0.05, 0) is 0 Å². The first-order chi connectivity index (χ1) is 15.2. The van der Waals surface area contributed by atoms with E-state index in [1.165, 1.54) is 0 Å². The fourth-order valence-electron chi connectivity index (χ4n) is 2.06. The van der Waals surface area contributed by atoms with Crippen molar-refractivity contribution in [3.63, 3.8) is 0 Å². The van der Waals surface area contributed by atoms with Crippen LogP contribution in [0.15, 0.2) is 0 Å². The fourth-order valence-corrected chi connectivity index (χ4v) is 2.06. The van der Waals surface area contributed by atoms with Gasteiger partial charge in [0, 0.05) is 52.4 Å². The molecule has 0 heterocycles. The lowest BCUT2D eigenvalue weighted by atomic mass is 10.5. The third-order valence-electron chi connectivity index (χ3n) is 3.51. The van der Waals surface area contributed by atoms with Crippen LogP contribution in [-0.4, -0.2) is 117 Å². The molecule has 0 aliphatic carbocycles. The van der Waals surface area contributed by atoms with Crippen molar-refractivity contribution in [3.05, 3.63) is 0 Å². The Hall–Kier alpha value is -1.74. The summed E-state index contributed by atoms with van der Waals surface area (Å²) in [5, 5.41) is 13.9. The molecule has 0 bridgehead atoms. The Balaban J connectivity index is 3.26. The van der Waals surface area contributed by atoms with Crippen LogP contribution < -0.4 is 38.1 Å². The van der Waals surface area contributed by atoms with E-state index in [2.05, 4.69) is 26.6 Å². The summed E-state index contributed by atoms with van der Waals surface area (Å²) in [6.07, 6.45) is 0. The van der Waals surface area contributed by atoms with E-state index in [-0.39, 0.29) is 12.1 Å². The summed E-state index contributed by atoms with van der Waals surface area (Å²) in [5.41, 5.74) is 10.6. The van der Waals surface area contributed by atoms with Crippen LogP contribution in [0.3, 0.4) is 0 Å². The Morgan fingerprint density at radius 1 is 0.484 bits per heavy atom. The van der Waals surface area contributed by atoms with Gasteiger partial charge in [0.25, 0.3) is 0 Å². The third kappa shape index (κ3) is 24.4. The highest BCUT2D eigenvalue weighted by Gasteiger charge is 2.00. The van der Waals surface area contributed by atoms with Gasteiger partial charge in [-0.1, -0.05) is 0 Å². The average Bonchev–Trinajstić information content (AvgIpc) is 2.76. The maximum absolute atomic E-state index is 11.6. The van der Waals surface area contributed by atoms with Crippen molar-refractivity contribution in [2.75, 3.05) is 105 Å². The molecule has 0 radical (unpaired) electrons. The highest BCUT2D eigenvalue weighted by molar-refractivity contribution is 5.74. The van der Waals surface area contributed by atoms with Gasteiger partial charge in [0.15, 0.2) is 0 Å². The molecule has 0 aromatic rings. The molecule has 0 aromatic heterocycles. The summed E-state index contributed by atoms with van der Waals surface area (Å²) in [6.45, 7) is 7.73. The molecule has 31 heavy (non-hydrogen) atoms. The van der Waals surface area contributed by atoms with Crippen LogP contribution in [0.25, 0.3) is 0 Å². The van der Waals surface area contributed by atoms with Crippen molar-refractivity contribution in [2.24, 2.45) is 11.5 Å². The minimum Gasteiger partial charge on any atom is -0.378 e. The van der Waals surface area contributed by atoms with Crippen molar-refractivity contribution in [1.82, 2.24) is 26.6 Å². The average molecular weight is 452 g/mol. The molecule has 4 amide bonds. The summed E-state index contributed by atoms with van der Waals surface area (Å²) in [4.78, 5) is 23.2. The van der Waals surface area contributed by atoms with Crippen molar-refractivity contribution < 1.29 is 28.5 Å². The van der Waals surface area contributed by atoms with E-state index >= 15 is 0 Å². The Morgan fingerprint density at radius 3 is 1.23 bits per heavy atom. The Labute approximate surface area is 184 Å². The molecule has 184 valence electrons. The lowest BCUT2D eigenvalue weighted by Gasteiger charge is -2.10. The van der Waals surface area contributed by atoms with Crippen LogP contribution in [0.5, 0.6) is 0 Å². The van der Waals surface area contributed by atoms with Crippen molar-refractivity contribution in [2.45, 2.75) is 0 Å². The zero-order valence-electron chi connectivity index (χ0n) is 18.4. The monoisotopic (exact) mass is 451 g/mol. The van der Waals surface area contributed by atoms with Crippen molar-refractivity contribution >= 4 is 12.1 Å². The van der Waals surface area contributed by atoms with Crippen LogP contribution >= 0.6 is 0 Å². The Morgan fingerprint density at radius 2 is 0.839 bits per heavy atom. The molecule has 0 spiro atoms. The van der Waals surface area contributed by atoms with Crippen LogP contribution in [0.1, 0.15) is 0 Å². The molecule has 0 saturated carbocycles. The first-order valence-corrected chi connectivity index (χ1v) is 10.7. The normalized spacial score (nSPS) is 10.6. The number of hydrogen-bond donors (Lipinski definition) is 7. The Bertz CT molecular complexity index is 385. The number of nitrogens with two attached hydrogens (primary N) is 2. The minimum atomic E-state index is -0.254. The standard InChI is InChI=1S/C18H41N7O6/c19-1-9-28-13-15-30-11-7-24-17(26)22-5-3-21-4-6-23-18(27)25-8-12-31-16-14-29-10-2-20/h21H,1-16,19-20H2,(H2,22,24,26)(H2,23,25,27). The van der Waals surface area contributed by atoms with Gasteiger partial charge >= 0.3 is 12.1 Å². The molecule has 0 atom stereocenters. The van der Waals surface area contributed by atoms with E-state index in [1.807, 2.05) is 0 Å². The molecule has 0 aliphatic heterocycles. The summed E-state index contributed by atoms with van der Waals surface area (Å²) < 4.78 is 20.9. The van der Waals surface area contributed by atoms with E-state index < -0.39 is 0 Å². The van der Waals surface area contributed by atoms with Gasteiger partial charge in [-0.25, -0.2) is 9.59 Å². The van der Waals surface area contributed by atoms with Crippen LogP contribution in [0.4, 0.5) is 9.59 Å². The topological polar surface area (TPSA) is 183 Å². The number of amides is 4. The summed E-state index contributed by atoms with van der Waals surface area (Å²) >= 11 is 0. The molecular weight excluding hydrogens is 410 g/mol. The molecule has 13 heteroatoms. The number of carbonyl (C=O) groups is 2. The molecule has 0 saturated heterocycles. The van der Waals surface area contributed by atoms with E-state index in [1.54, 1.807) is 0 Å². The molecular formula is C18H41N7O6. The van der Waals surface area contributed by atoms with Crippen molar-refractivity contribution in [3.8, 4) is 0 Å². The number of rotatable bonds is 22. The zero-order chi connectivity index (χ0) is 22.8. The SMILES string of the molecule is NCCOCCOCCNC(=O)NCCNCCNC(=O)NCCOCCOCCN. The van der Waals surface area contributed by atoms with Gasteiger partial charge in [-0.2, -0.15) is 0 Å². The number of nitrogens with one attached hydrogen (secondary N) is 5. The minimum absolute atomic E-state index is 0.254. The number of hydrogen-bond acceptors (Lipinski definition) is 9. The number of carbonyl (C=O) groups excluding carboxylic acids is 2. The van der Waals surface area contributed by atoms with Crippen LogP contribution in [-0.2, 0) is 18.9 Å². The summed E-state index contributed by atoms with van der Waals surface area (Å²) in [5.74, 6) is 0. The van der Waals surface area contributed by atoms with E-state index in [0.29, 0.717) is 105 Å². The van der Waals surface area contributed by atoms with Crippen LogP contribution in [0.2, 0.25) is 0 Å². The first kappa shape index (κ1) is 29.3. The first-order valence-electron chi connectivity index (χ1n) is 10.7. The fraction of sp³-hybridized carbons (Fsp3) is 0.889. The molecule has 0 aliphatic rings. The summed E-state index contributed by atoms with van der Waals surface area (Å²) in [7, 11) is 0. The highest BCUT2D eigenvalue weighted by atomic mass is 16.5. The van der Waals surface area contributed by atoms with E-state index in [9.17, 15) is 9.59 Å². The predicted molar refractivity (Wildman–Crippen MR) is 117 cm³/mol. The molecule has 9 N–H and O–H groups in total. The van der Waals surface area contributed by atoms with Gasteiger partial charge in [0.05, 0.1) is 52.9 Å². The largest absolute Gasteiger partial charge is 0.378 e. The highest BCUT2D eigenvalue weighted by Crippen LogP contribution is 1.78. The predicted octanol–water partition coefficient (Wildman–Crippen LogP) is -2.84. The molecule has 0 rings (SSSR count). The van der Waals surface area contributed by atoms with Gasteiger partial charge in [-0.3, -0.25) is 0 Å². The van der Waals surface area contributed by atoms with Crippen LogP contribution in [0, 0.1) is 0 Å². The van der Waals surface area contributed by atoms with Crippen molar-refractivity contribution in [1.29, 1.82) is 0 Å². The van der Waals surface area contributed by atoms with Gasteiger partial charge in [0.1, 0.15) is 0 Å². The third-order valence-corrected chi connectivity index (χ3v) is 3.51. The van der Waals surface area contributed by atoms with Gasteiger partial charge in [0.2, 0.25) is 0 Å². The molecule has 0 unspecified atom stereocenters. The smallest absolute Gasteiger partial charge is 0.314 e. The second-order valence-corrected chi connectivity index (χ2v) is 6.14. The lowest BCUT2D eigenvalue weighted by molar-refractivity contribution is 0.0524.